The van der Waals surface area contributed by atoms with Crippen LogP contribution in [-0.4, -0.2) is 35.7 Å². The zero-order valence-electron chi connectivity index (χ0n) is 20.0. The molecule has 2 amide bonds. The molecule has 2 aliphatic rings. The van der Waals surface area contributed by atoms with Gasteiger partial charge >= 0.3 is 5.97 Å². The topological polar surface area (TPSA) is 92.8 Å². The smallest absolute Gasteiger partial charge is 0.327 e. The molecular formula is C27H29FN2O5. The van der Waals surface area contributed by atoms with Crippen molar-refractivity contribution in [1.29, 1.82) is 0 Å². The fourth-order valence-corrected chi connectivity index (χ4v) is 5.31. The van der Waals surface area contributed by atoms with Gasteiger partial charge < -0.3 is 4.74 Å². The maximum absolute atomic E-state index is 13.9. The Labute approximate surface area is 203 Å². The van der Waals surface area contributed by atoms with E-state index in [4.69, 9.17) is 4.74 Å². The number of carbonyl (C=O) groups excluding carboxylic acids is 4. The molecule has 2 aliphatic heterocycles. The van der Waals surface area contributed by atoms with E-state index in [0.29, 0.717) is 24.0 Å². The van der Waals surface area contributed by atoms with Crippen molar-refractivity contribution in [1.82, 2.24) is 5.32 Å². The molecule has 2 heterocycles. The minimum Gasteiger partial charge on any atom is -0.465 e. The van der Waals surface area contributed by atoms with E-state index in [2.05, 4.69) is 5.32 Å². The minimum absolute atomic E-state index is 0.125. The fourth-order valence-electron chi connectivity index (χ4n) is 5.31. The van der Waals surface area contributed by atoms with E-state index in [9.17, 15) is 23.6 Å². The molecule has 2 aromatic rings. The van der Waals surface area contributed by atoms with Crippen LogP contribution in [0.2, 0.25) is 0 Å². The largest absolute Gasteiger partial charge is 0.465 e. The van der Waals surface area contributed by atoms with Crippen LogP contribution in [0.4, 0.5) is 10.1 Å². The monoisotopic (exact) mass is 480 g/mol. The number of esters is 1. The molecule has 1 N–H and O–H groups in total. The van der Waals surface area contributed by atoms with Crippen molar-refractivity contribution in [3.63, 3.8) is 0 Å². The standard InChI is InChI=1S/C27H29FN2O5/c1-4-6-14-27(26(34)35-5-2)22-21(23(29-27)17-10-12-19(28)13-11-17)24(32)30(25(22)33)20-9-7-8-18(15-20)16(3)31/h7-13,15,21-23,29H,4-6,14H2,1-3H3/t21-,22+,23-,27-/m0/s1. The van der Waals surface area contributed by atoms with Crippen LogP contribution in [0.5, 0.6) is 0 Å². The summed E-state index contributed by atoms with van der Waals surface area (Å²) in [4.78, 5) is 54.2. The van der Waals surface area contributed by atoms with Gasteiger partial charge in [0, 0.05) is 11.6 Å². The molecule has 7 nitrogen and oxygen atoms in total. The number of ether oxygens (including phenoxy) is 1. The molecule has 2 fully saturated rings. The summed E-state index contributed by atoms with van der Waals surface area (Å²) < 4.78 is 19.1. The third-order valence-electron chi connectivity index (χ3n) is 6.96. The van der Waals surface area contributed by atoms with Crippen LogP contribution in [0.25, 0.3) is 0 Å². The van der Waals surface area contributed by atoms with Crippen molar-refractivity contribution in [2.24, 2.45) is 11.8 Å². The van der Waals surface area contributed by atoms with Crippen LogP contribution in [0.15, 0.2) is 48.5 Å². The Balaban J connectivity index is 1.86. The summed E-state index contributed by atoms with van der Waals surface area (Å²) >= 11 is 0. The van der Waals surface area contributed by atoms with Gasteiger partial charge in [-0.05, 0) is 50.1 Å². The number of imide groups is 1. The van der Waals surface area contributed by atoms with Gasteiger partial charge in [0.1, 0.15) is 11.4 Å². The number of hydrogen-bond acceptors (Lipinski definition) is 6. The molecule has 0 aliphatic carbocycles. The first-order valence-corrected chi connectivity index (χ1v) is 11.9. The predicted octanol–water partition coefficient (Wildman–Crippen LogP) is 3.97. The van der Waals surface area contributed by atoms with Crippen molar-refractivity contribution >= 4 is 29.3 Å². The molecule has 0 saturated carbocycles. The quantitative estimate of drug-likeness (QED) is 0.349. The molecule has 0 radical (unpaired) electrons. The number of amides is 2. The summed E-state index contributed by atoms with van der Waals surface area (Å²) in [6.45, 7) is 5.20. The first-order chi connectivity index (χ1) is 16.7. The molecule has 8 heteroatoms. The van der Waals surface area contributed by atoms with E-state index in [-0.39, 0.29) is 18.1 Å². The number of nitrogens with one attached hydrogen (secondary N) is 1. The fraction of sp³-hybridized carbons (Fsp3) is 0.407. The second kappa shape index (κ2) is 9.70. The summed E-state index contributed by atoms with van der Waals surface area (Å²) in [6.07, 6.45) is 1.71. The van der Waals surface area contributed by atoms with Crippen LogP contribution < -0.4 is 10.2 Å². The minimum atomic E-state index is -1.41. The van der Waals surface area contributed by atoms with E-state index in [0.717, 1.165) is 11.3 Å². The lowest BCUT2D eigenvalue weighted by molar-refractivity contribution is -0.155. The summed E-state index contributed by atoms with van der Waals surface area (Å²) in [5.74, 6) is -4.07. The van der Waals surface area contributed by atoms with Gasteiger partial charge in [-0.1, -0.05) is 44.0 Å². The molecule has 0 bridgehead atoms. The van der Waals surface area contributed by atoms with E-state index in [1.165, 1.54) is 25.1 Å². The number of carbonyl (C=O) groups is 4. The first-order valence-electron chi connectivity index (χ1n) is 11.9. The van der Waals surface area contributed by atoms with E-state index >= 15 is 0 Å². The molecule has 2 saturated heterocycles. The number of anilines is 1. The third-order valence-corrected chi connectivity index (χ3v) is 6.96. The van der Waals surface area contributed by atoms with Gasteiger partial charge in [-0.25, -0.2) is 9.29 Å². The molecule has 0 unspecified atom stereocenters. The maximum atomic E-state index is 13.9. The lowest BCUT2D eigenvalue weighted by Gasteiger charge is -2.33. The van der Waals surface area contributed by atoms with Crippen LogP contribution in [0.3, 0.4) is 0 Å². The van der Waals surface area contributed by atoms with Gasteiger partial charge in [0.05, 0.1) is 24.1 Å². The van der Waals surface area contributed by atoms with Crippen LogP contribution >= 0.6 is 0 Å². The number of benzene rings is 2. The van der Waals surface area contributed by atoms with Gasteiger partial charge in [-0.3, -0.25) is 24.5 Å². The molecule has 184 valence electrons. The van der Waals surface area contributed by atoms with E-state index in [1.807, 2.05) is 6.92 Å². The van der Waals surface area contributed by atoms with Crippen molar-refractivity contribution in [2.45, 2.75) is 51.6 Å². The summed E-state index contributed by atoms with van der Waals surface area (Å²) in [5, 5.41) is 3.30. The van der Waals surface area contributed by atoms with Crippen LogP contribution in [0, 0.1) is 17.7 Å². The van der Waals surface area contributed by atoms with Crippen LogP contribution in [-0.2, 0) is 19.1 Å². The van der Waals surface area contributed by atoms with Gasteiger partial charge in [-0.15, -0.1) is 0 Å². The Hall–Kier alpha value is -3.39. The number of ketones is 1. The summed E-state index contributed by atoms with van der Waals surface area (Å²) in [7, 11) is 0. The zero-order chi connectivity index (χ0) is 25.3. The number of halogens is 1. The predicted molar refractivity (Wildman–Crippen MR) is 127 cm³/mol. The molecule has 35 heavy (non-hydrogen) atoms. The normalized spacial score (nSPS) is 25.6. The molecule has 2 aromatic carbocycles. The number of unbranched alkanes of at least 4 members (excludes halogenated alkanes) is 1. The molecule has 4 atom stereocenters. The van der Waals surface area contributed by atoms with E-state index < -0.39 is 47.0 Å². The lowest BCUT2D eigenvalue weighted by Crippen LogP contribution is -2.56. The molecule has 0 spiro atoms. The van der Waals surface area contributed by atoms with Crippen molar-refractivity contribution < 1.29 is 28.3 Å². The highest BCUT2D eigenvalue weighted by atomic mass is 19.1. The highest BCUT2D eigenvalue weighted by molar-refractivity contribution is 6.24. The van der Waals surface area contributed by atoms with Gasteiger partial charge in [0.25, 0.3) is 0 Å². The number of hydrogen-bond donors (Lipinski definition) is 1. The second-order valence-electron chi connectivity index (χ2n) is 9.09. The summed E-state index contributed by atoms with van der Waals surface area (Å²) in [6, 6.07) is 11.3. The van der Waals surface area contributed by atoms with Crippen molar-refractivity contribution in [3.8, 4) is 0 Å². The Morgan fingerprint density at radius 2 is 1.80 bits per heavy atom. The van der Waals surface area contributed by atoms with E-state index in [1.54, 1.807) is 37.3 Å². The van der Waals surface area contributed by atoms with Gasteiger partial charge in [0.2, 0.25) is 11.8 Å². The maximum Gasteiger partial charge on any atom is 0.327 e. The highest BCUT2D eigenvalue weighted by Gasteiger charge is 2.68. The third kappa shape index (κ3) is 4.16. The molecular weight excluding hydrogens is 451 g/mol. The average Bonchev–Trinajstić information content (AvgIpc) is 3.32. The first kappa shape index (κ1) is 24.7. The molecule has 0 aromatic heterocycles. The van der Waals surface area contributed by atoms with Gasteiger partial charge in [0.15, 0.2) is 5.78 Å². The van der Waals surface area contributed by atoms with Gasteiger partial charge in [-0.2, -0.15) is 0 Å². The number of nitrogens with zero attached hydrogens (tertiary/aromatic N) is 1. The van der Waals surface area contributed by atoms with Crippen LogP contribution in [0.1, 0.15) is 62.0 Å². The Kier molecular flexibility index (Phi) is 6.85. The van der Waals surface area contributed by atoms with Crippen molar-refractivity contribution in [2.75, 3.05) is 11.5 Å². The van der Waals surface area contributed by atoms with Crippen molar-refractivity contribution in [3.05, 3.63) is 65.5 Å². The lowest BCUT2D eigenvalue weighted by atomic mass is 9.76. The SMILES string of the molecule is CCCC[C@]1(C(=O)OCC)N[C@@H](c2ccc(F)cc2)[C@H]2C(=O)N(c3cccc(C(C)=O)c3)C(=O)[C@@H]21. The number of rotatable bonds is 8. The Morgan fingerprint density at radius 1 is 1.09 bits per heavy atom. The average molecular weight is 481 g/mol. The molecule has 4 rings (SSSR count). The summed E-state index contributed by atoms with van der Waals surface area (Å²) in [5.41, 5.74) is -0.149. The zero-order valence-corrected chi connectivity index (χ0v) is 20.0. The number of fused-ring (bicyclic) bond motifs is 1. The number of Topliss-reactive ketones (excluding diaryl/α,β-unsaturated/α-hetero) is 1. The Morgan fingerprint density at radius 3 is 2.43 bits per heavy atom. The highest BCUT2D eigenvalue weighted by Crippen LogP contribution is 2.51. The second-order valence-corrected chi connectivity index (χ2v) is 9.09. The Bertz CT molecular complexity index is 1160.